The maximum atomic E-state index is 11.4. The van der Waals surface area contributed by atoms with E-state index in [-0.39, 0.29) is 5.91 Å². The number of amides is 1. The molecule has 18 heavy (non-hydrogen) atoms. The highest BCUT2D eigenvalue weighted by molar-refractivity contribution is 6.42. The first-order chi connectivity index (χ1) is 8.49. The third-order valence-corrected chi connectivity index (χ3v) is 2.97. The number of carbonyl (C=O) groups excluding carboxylic acids is 1. The summed E-state index contributed by atoms with van der Waals surface area (Å²) in [5, 5.41) is 12.6. The number of hydrogen-bond acceptors (Lipinski definition) is 2. The largest absolute Gasteiger partial charge is 0.393 e. The Kier molecular flexibility index (Phi) is 6.19. The van der Waals surface area contributed by atoms with Gasteiger partial charge in [0.1, 0.15) is 0 Å². The molecule has 0 radical (unpaired) electrons. The molecule has 0 aliphatic rings. The minimum absolute atomic E-state index is 0.207. The van der Waals surface area contributed by atoms with Crippen molar-refractivity contribution in [2.75, 3.05) is 6.54 Å². The van der Waals surface area contributed by atoms with Gasteiger partial charge in [0.15, 0.2) is 0 Å². The van der Waals surface area contributed by atoms with Crippen molar-refractivity contribution in [3.63, 3.8) is 0 Å². The zero-order valence-corrected chi connectivity index (χ0v) is 11.5. The first-order valence-corrected chi connectivity index (χ1v) is 6.33. The maximum Gasteiger partial charge on any atom is 0.244 e. The Morgan fingerprint density at radius 1 is 1.44 bits per heavy atom. The van der Waals surface area contributed by atoms with Gasteiger partial charge in [-0.3, -0.25) is 4.79 Å². The number of rotatable bonds is 5. The van der Waals surface area contributed by atoms with E-state index in [1.165, 1.54) is 6.08 Å². The van der Waals surface area contributed by atoms with Gasteiger partial charge in [0.2, 0.25) is 5.91 Å². The van der Waals surface area contributed by atoms with Crippen molar-refractivity contribution in [1.29, 1.82) is 0 Å². The average Bonchev–Trinajstić information content (AvgIpc) is 2.30. The number of nitrogens with one attached hydrogen (secondary N) is 1. The maximum absolute atomic E-state index is 11.4. The van der Waals surface area contributed by atoms with Crippen LogP contribution in [0.15, 0.2) is 24.3 Å². The summed E-state index contributed by atoms with van der Waals surface area (Å²) in [7, 11) is 0. The normalized spacial score (nSPS) is 12.7. The van der Waals surface area contributed by atoms with Crippen molar-refractivity contribution < 1.29 is 9.90 Å². The zero-order chi connectivity index (χ0) is 13.5. The predicted octanol–water partition coefficient (Wildman–Crippen LogP) is 2.89. The van der Waals surface area contributed by atoms with Gasteiger partial charge in [-0.05, 0) is 37.1 Å². The summed E-state index contributed by atoms with van der Waals surface area (Å²) < 4.78 is 0. The number of aliphatic hydroxyl groups excluding tert-OH is 1. The molecule has 0 bridgehead atoms. The van der Waals surface area contributed by atoms with E-state index in [9.17, 15) is 4.79 Å². The minimum Gasteiger partial charge on any atom is -0.393 e. The van der Waals surface area contributed by atoms with Crippen LogP contribution in [0.25, 0.3) is 6.08 Å². The third-order valence-electron chi connectivity index (χ3n) is 2.23. The summed E-state index contributed by atoms with van der Waals surface area (Å²) in [6.45, 7) is 2.12. The molecule has 3 nitrogen and oxygen atoms in total. The lowest BCUT2D eigenvalue weighted by Gasteiger charge is -2.04. The van der Waals surface area contributed by atoms with E-state index in [0.717, 1.165) is 5.56 Å². The molecule has 0 saturated carbocycles. The molecular weight excluding hydrogens is 273 g/mol. The van der Waals surface area contributed by atoms with Gasteiger partial charge in [-0.1, -0.05) is 29.3 Å². The van der Waals surface area contributed by atoms with Gasteiger partial charge < -0.3 is 10.4 Å². The second-order valence-electron chi connectivity index (χ2n) is 3.94. The lowest BCUT2D eigenvalue weighted by molar-refractivity contribution is -0.116. The molecule has 1 aromatic rings. The number of hydrogen-bond donors (Lipinski definition) is 2. The molecule has 1 rings (SSSR count). The fraction of sp³-hybridized carbons (Fsp3) is 0.308. The first kappa shape index (κ1) is 15.0. The van der Waals surface area contributed by atoms with Gasteiger partial charge in [0, 0.05) is 12.6 Å². The van der Waals surface area contributed by atoms with Gasteiger partial charge in [-0.2, -0.15) is 0 Å². The van der Waals surface area contributed by atoms with E-state index in [0.29, 0.717) is 23.0 Å². The van der Waals surface area contributed by atoms with Crippen LogP contribution in [0.3, 0.4) is 0 Å². The molecule has 0 aromatic heterocycles. The second kappa shape index (κ2) is 7.41. The Morgan fingerprint density at radius 3 is 2.78 bits per heavy atom. The Bertz CT molecular complexity index is 445. The molecule has 0 fully saturated rings. The summed E-state index contributed by atoms with van der Waals surface area (Å²) in [4.78, 5) is 11.4. The van der Waals surface area contributed by atoms with Crippen molar-refractivity contribution in [2.24, 2.45) is 0 Å². The van der Waals surface area contributed by atoms with Crippen LogP contribution in [0, 0.1) is 0 Å². The van der Waals surface area contributed by atoms with E-state index in [1.807, 2.05) is 0 Å². The third kappa shape index (κ3) is 5.54. The summed E-state index contributed by atoms with van der Waals surface area (Å²) in [5.41, 5.74) is 0.801. The number of carbonyl (C=O) groups is 1. The number of benzene rings is 1. The predicted molar refractivity (Wildman–Crippen MR) is 74.8 cm³/mol. The highest BCUT2D eigenvalue weighted by atomic mass is 35.5. The quantitative estimate of drug-likeness (QED) is 0.818. The van der Waals surface area contributed by atoms with Crippen LogP contribution in [0.4, 0.5) is 0 Å². The summed E-state index contributed by atoms with van der Waals surface area (Å²) in [6, 6.07) is 5.13. The van der Waals surface area contributed by atoms with Crippen molar-refractivity contribution in [3.05, 3.63) is 39.9 Å². The standard InChI is InChI=1S/C13H15Cl2NO2/c1-9(17)6-7-16-13(18)5-3-10-2-4-11(14)12(15)8-10/h2-5,8-9,17H,6-7H2,1H3,(H,16,18)/b5-3+. The number of halogens is 2. The van der Waals surface area contributed by atoms with E-state index in [1.54, 1.807) is 31.2 Å². The molecular formula is C13H15Cl2NO2. The lowest BCUT2D eigenvalue weighted by atomic mass is 10.2. The molecule has 1 amide bonds. The van der Waals surface area contributed by atoms with Crippen molar-refractivity contribution in [2.45, 2.75) is 19.4 Å². The summed E-state index contributed by atoms with van der Waals surface area (Å²) in [5.74, 6) is -0.207. The topological polar surface area (TPSA) is 49.3 Å². The molecule has 2 N–H and O–H groups in total. The van der Waals surface area contributed by atoms with E-state index >= 15 is 0 Å². The molecule has 0 heterocycles. The molecule has 5 heteroatoms. The van der Waals surface area contributed by atoms with E-state index < -0.39 is 6.10 Å². The van der Waals surface area contributed by atoms with Crippen molar-refractivity contribution in [1.82, 2.24) is 5.32 Å². The molecule has 1 aromatic carbocycles. The molecule has 0 saturated heterocycles. The monoisotopic (exact) mass is 287 g/mol. The smallest absolute Gasteiger partial charge is 0.244 e. The lowest BCUT2D eigenvalue weighted by Crippen LogP contribution is -2.24. The van der Waals surface area contributed by atoms with Gasteiger partial charge in [0.05, 0.1) is 16.1 Å². The average molecular weight is 288 g/mol. The molecule has 0 spiro atoms. The Morgan fingerprint density at radius 2 is 2.17 bits per heavy atom. The fourth-order valence-electron chi connectivity index (χ4n) is 1.25. The van der Waals surface area contributed by atoms with Crippen LogP contribution in [-0.4, -0.2) is 23.7 Å². The summed E-state index contributed by atoms with van der Waals surface area (Å²) in [6.07, 6.45) is 3.19. The molecule has 0 aliphatic heterocycles. The van der Waals surface area contributed by atoms with E-state index in [4.69, 9.17) is 28.3 Å². The highest BCUT2D eigenvalue weighted by Gasteiger charge is 1.99. The van der Waals surface area contributed by atoms with Gasteiger partial charge in [-0.15, -0.1) is 0 Å². The molecule has 1 unspecified atom stereocenters. The highest BCUT2D eigenvalue weighted by Crippen LogP contribution is 2.22. The van der Waals surface area contributed by atoms with Gasteiger partial charge >= 0.3 is 0 Å². The van der Waals surface area contributed by atoms with Crippen LogP contribution < -0.4 is 5.32 Å². The first-order valence-electron chi connectivity index (χ1n) is 5.58. The van der Waals surface area contributed by atoms with E-state index in [2.05, 4.69) is 5.32 Å². The molecule has 98 valence electrons. The number of aliphatic hydroxyl groups is 1. The SMILES string of the molecule is CC(O)CCNC(=O)/C=C/c1ccc(Cl)c(Cl)c1. The zero-order valence-electron chi connectivity index (χ0n) is 9.99. The van der Waals surface area contributed by atoms with Crippen LogP contribution >= 0.6 is 23.2 Å². The fourth-order valence-corrected chi connectivity index (χ4v) is 1.56. The Balaban J connectivity index is 2.48. The Hall–Kier alpha value is -1.03. The van der Waals surface area contributed by atoms with Crippen LogP contribution in [0.1, 0.15) is 18.9 Å². The summed E-state index contributed by atoms with van der Waals surface area (Å²) >= 11 is 11.6. The van der Waals surface area contributed by atoms with Crippen LogP contribution in [-0.2, 0) is 4.79 Å². The second-order valence-corrected chi connectivity index (χ2v) is 4.75. The van der Waals surface area contributed by atoms with Gasteiger partial charge in [0.25, 0.3) is 0 Å². The van der Waals surface area contributed by atoms with Crippen molar-refractivity contribution >= 4 is 35.2 Å². The Labute approximate surface area is 116 Å². The molecule has 0 aliphatic carbocycles. The minimum atomic E-state index is -0.413. The van der Waals surface area contributed by atoms with Crippen LogP contribution in [0.5, 0.6) is 0 Å². The van der Waals surface area contributed by atoms with Crippen molar-refractivity contribution in [3.8, 4) is 0 Å². The molecule has 1 atom stereocenters. The van der Waals surface area contributed by atoms with Crippen LogP contribution in [0.2, 0.25) is 10.0 Å². The van der Waals surface area contributed by atoms with Gasteiger partial charge in [-0.25, -0.2) is 0 Å².